The van der Waals surface area contributed by atoms with Crippen molar-refractivity contribution in [3.05, 3.63) is 49.6 Å². The van der Waals surface area contributed by atoms with E-state index in [1.165, 1.54) is 12.1 Å². The van der Waals surface area contributed by atoms with Gasteiger partial charge in [-0.1, -0.05) is 27.5 Å². The lowest BCUT2D eigenvalue weighted by Gasteiger charge is -2.13. The smallest absolute Gasteiger partial charge is 0.437 e. The number of hydrogen-bond acceptors (Lipinski definition) is 4. The van der Waals surface area contributed by atoms with Crippen molar-refractivity contribution in [1.82, 2.24) is 9.97 Å². The highest BCUT2D eigenvalue weighted by Crippen LogP contribution is 2.38. The molecule has 0 aliphatic carbocycles. The Kier molecular flexibility index (Phi) is 4.44. The first-order valence-electron chi connectivity index (χ1n) is 5.46. The number of nitriles is 1. The number of nitrogens with zero attached hydrogens (tertiary/aromatic N) is 2. The Morgan fingerprint density at radius 2 is 2.09 bits per heavy atom. The summed E-state index contributed by atoms with van der Waals surface area (Å²) >= 11 is 8.93. The molecule has 2 aromatic rings. The van der Waals surface area contributed by atoms with E-state index in [1.54, 1.807) is 6.07 Å². The van der Waals surface area contributed by atoms with E-state index < -0.39 is 23.2 Å². The average Bonchev–Trinajstić information content (AvgIpc) is 2.43. The van der Waals surface area contributed by atoms with Crippen LogP contribution in [0.1, 0.15) is 11.3 Å². The minimum atomic E-state index is -4.89. The number of hydrogen-bond donors (Lipinski definition) is 1. The Balaban J connectivity index is 2.61. The van der Waals surface area contributed by atoms with Crippen LogP contribution < -0.4 is 10.3 Å². The molecular formula is C12H4BrClF3N3O2. The van der Waals surface area contributed by atoms with Gasteiger partial charge >= 0.3 is 6.18 Å². The zero-order chi connectivity index (χ0) is 16.5. The summed E-state index contributed by atoms with van der Waals surface area (Å²) in [6.07, 6.45) is -4.28. The fraction of sp³-hybridized carbons (Fsp3) is 0.0833. The Hall–Kier alpha value is -2.05. The van der Waals surface area contributed by atoms with Gasteiger partial charge in [-0.2, -0.15) is 18.4 Å². The molecular weight excluding hydrogens is 391 g/mol. The molecule has 0 bridgehead atoms. The van der Waals surface area contributed by atoms with Crippen molar-refractivity contribution in [3.8, 4) is 17.6 Å². The minimum Gasteiger partial charge on any atom is -0.448 e. The van der Waals surface area contributed by atoms with Gasteiger partial charge in [-0.25, -0.2) is 4.98 Å². The van der Waals surface area contributed by atoms with Crippen molar-refractivity contribution >= 4 is 27.5 Å². The number of benzene rings is 1. The van der Waals surface area contributed by atoms with Gasteiger partial charge in [0, 0.05) is 4.47 Å². The molecule has 0 aliphatic rings. The van der Waals surface area contributed by atoms with E-state index >= 15 is 0 Å². The quantitative estimate of drug-likeness (QED) is 0.839. The van der Waals surface area contributed by atoms with Gasteiger partial charge < -0.3 is 9.72 Å². The van der Waals surface area contributed by atoms with E-state index in [2.05, 4.69) is 20.9 Å². The molecule has 1 heterocycles. The van der Waals surface area contributed by atoms with Crippen molar-refractivity contribution in [2.45, 2.75) is 6.18 Å². The molecule has 1 aromatic carbocycles. The molecule has 0 atom stereocenters. The van der Waals surface area contributed by atoms with Crippen LogP contribution in [-0.4, -0.2) is 9.97 Å². The average molecular weight is 395 g/mol. The summed E-state index contributed by atoms with van der Waals surface area (Å²) in [4.78, 5) is 16.7. The zero-order valence-corrected chi connectivity index (χ0v) is 12.7. The van der Waals surface area contributed by atoms with E-state index in [0.717, 1.165) is 0 Å². The largest absolute Gasteiger partial charge is 0.448 e. The summed E-state index contributed by atoms with van der Waals surface area (Å²) in [5.41, 5.74) is -2.65. The lowest BCUT2D eigenvalue weighted by Crippen LogP contribution is -2.19. The number of rotatable bonds is 2. The van der Waals surface area contributed by atoms with Crippen LogP contribution in [0.25, 0.3) is 0 Å². The topological polar surface area (TPSA) is 78.8 Å². The summed E-state index contributed by atoms with van der Waals surface area (Å²) in [6, 6.07) is 4.34. The van der Waals surface area contributed by atoms with Crippen LogP contribution in [0.4, 0.5) is 13.2 Å². The number of alkyl halides is 3. The molecule has 114 valence electrons. The Morgan fingerprint density at radius 3 is 2.68 bits per heavy atom. The van der Waals surface area contributed by atoms with Gasteiger partial charge in [-0.3, -0.25) is 4.79 Å². The van der Waals surface area contributed by atoms with Crippen LogP contribution in [0.3, 0.4) is 0 Å². The molecule has 2 rings (SSSR count). The highest BCUT2D eigenvalue weighted by Gasteiger charge is 2.38. The normalized spacial score (nSPS) is 11.1. The van der Waals surface area contributed by atoms with Crippen LogP contribution in [0, 0.1) is 11.3 Å². The standard InChI is InChI=1S/C12H4BrClF3N3O2/c13-6-1-5(3-18)8(14)7(2-6)22-9-10(12(15,16)17)19-4-20-11(9)21/h1-2,4H,(H,19,20,21). The second-order valence-electron chi connectivity index (χ2n) is 3.89. The van der Waals surface area contributed by atoms with Crippen LogP contribution in [0.15, 0.2) is 27.7 Å². The van der Waals surface area contributed by atoms with E-state index in [0.29, 0.717) is 10.8 Å². The Bertz CT molecular complexity index is 830. The third-order valence-electron chi connectivity index (χ3n) is 2.42. The van der Waals surface area contributed by atoms with Gasteiger partial charge in [0.25, 0.3) is 5.56 Å². The molecule has 1 aromatic heterocycles. The maximum Gasteiger partial charge on any atom is 0.437 e. The van der Waals surface area contributed by atoms with Crippen molar-refractivity contribution < 1.29 is 17.9 Å². The molecule has 0 radical (unpaired) electrons. The molecule has 0 unspecified atom stereocenters. The predicted molar refractivity (Wildman–Crippen MR) is 73.8 cm³/mol. The molecule has 1 N–H and O–H groups in total. The molecule has 0 saturated carbocycles. The fourth-order valence-corrected chi connectivity index (χ4v) is 2.14. The Labute approximate surface area is 134 Å². The first-order chi connectivity index (χ1) is 10.2. The summed E-state index contributed by atoms with van der Waals surface area (Å²) in [5, 5.41) is 8.68. The first-order valence-corrected chi connectivity index (χ1v) is 6.63. The monoisotopic (exact) mass is 393 g/mol. The molecule has 0 spiro atoms. The second kappa shape index (κ2) is 5.98. The second-order valence-corrected chi connectivity index (χ2v) is 5.18. The number of aromatic nitrogens is 2. The SMILES string of the molecule is N#Cc1cc(Br)cc(Oc2c(C(F)(F)F)nc[nH]c2=O)c1Cl. The van der Waals surface area contributed by atoms with Crippen molar-refractivity contribution in [2.24, 2.45) is 0 Å². The number of halogens is 5. The van der Waals surface area contributed by atoms with Crippen molar-refractivity contribution in [3.63, 3.8) is 0 Å². The maximum absolute atomic E-state index is 12.9. The lowest BCUT2D eigenvalue weighted by atomic mass is 10.2. The summed E-state index contributed by atoms with van der Waals surface area (Å²) in [6.45, 7) is 0. The number of ether oxygens (including phenoxy) is 1. The number of H-pyrrole nitrogens is 1. The summed E-state index contributed by atoms with van der Waals surface area (Å²) in [7, 11) is 0. The third kappa shape index (κ3) is 3.23. The summed E-state index contributed by atoms with van der Waals surface area (Å²) < 4.78 is 43.9. The van der Waals surface area contributed by atoms with Gasteiger partial charge in [-0.15, -0.1) is 0 Å². The van der Waals surface area contributed by atoms with E-state index in [9.17, 15) is 18.0 Å². The van der Waals surface area contributed by atoms with Crippen LogP contribution in [0.5, 0.6) is 11.5 Å². The van der Waals surface area contributed by atoms with Gasteiger partial charge in [0.2, 0.25) is 5.75 Å². The maximum atomic E-state index is 12.9. The van der Waals surface area contributed by atoms with Crippen molar-refractivity contribution in [2.75, 3.05) is 0 Å². The van der Waals surface area contributed by atoms with Crippen molar-refractivity contribution in [1.29, 1.82) is 5.26 Å². The predicted octanol–water partition coefficient (Wildman–Crippen LogP) is 3.87. The third-order valence-corrected chi connectivity index (χ3v) is 3.26. The van der Waals surface area contributed by atoms with E-state index in [-0.39, 0.29) is 16.3 Å². The number of aromatic amines is 1. The molecule has 22 heavy (non-hydrogen) atoms. The first kappa shape index (κ1) is 16.3. The van der Waals surface area contributed by atoms with E-state index in [1.807, 2.05) is 4.98 Å². The molecule has 5 nitrogen and oxygen atoms in total. The van der Waals surface area contributed by atoms with Gasteiger partial charge in [0.1, 0.15) is 16.8 Å². The molecule has 0 amide bonds. The minimum absolute atomic E-state index is 0.0279. The van der Waals surface area contributed by atoms with Gasteiger partial charge in [0.05, 0.1) is 11.9 Å². The van der Waals surface area contributed by atoms with Crippen LogP contribution in [-0.2, 0) is 6.18 Å². The molecule has 0 aliphatic heterocycles. The molecule has 0 fully saturated rings. The highest BCUT2D eigenvalue weighted by atomic mass is 79.9. The Morgan fingerprint density at radius 1 is 1.41 bits per heavy atom. The zero-order valence-electron chi connectivity index (χ0n) is 10.3. The fourth-order valence-electron chi connectivity index (χ4n) is 1.51. The van der Waals surface area contributed by atoms with Gasteiger partial charge in [0.15, 0.2) is 5.69 Å². The number of nitrogens with one attached hydrogen (secondary N) is 1. The van der Waals surface area contributed by atoms with Gasteiger partial charge in [-0.05, 0) is 12.1 Å². The van der Waals surface area contributed by atoms with Crippen LogP contribution >= 0.6 is 27.5 Å². The van der Waals surface area contributed by atoms with Crippen LogP contribution in [0.2, 0.25) is 5.02 Å². The summed E-state index contributed by atoms with van der Waals surface area (Å²) in [5.74, 6) is -1.34. The molecule has 10 heteroatoms. The highest BCUT2D eigenvalue weighted by molar-refractivity contribution is 9.10. The van der Waals surface area contributed by atoms with E-state index in [4.69, 9.17) is 21.6 Å². The lowest BCUT2D eigenvalue weighted by molar-refractivity contribution is -0.142. The molecule has 0 saturated heterocycles.